The normalized spacial score (nSPS) is 10.2. The lowest BCUT2D eigenvalue weighted by atomic mass is 10.1. The number of halogens is 1. The van der Waals surface area contributed by atoms with Crippen LogP contribution in [0, 0.1) is 6.92 Å². The van der Waals surface area contributed by atoms with E-state index in [2.05, 4.69) is 5.32 Å². The minimum atomic E-state index is -1.08. The summed E-state index contributed by atoms with van der Waals surface area (Å²) in [4.78, 5) is 11.2. The summed E-state index contributed by atoms with van der Waals surface area (Å²) < 4.78 is 0. The van der Waals surface area contributed by atoms with Crippen LogP contribution in [-0.4, -0.2) is 11.1 Å². The van der Waals surface area contributed by atoms with Crippen molar-refractivity contribution in [2.45, 2.75) is 6.92 Å². The fraction of sp³-hybridized carbons (Fsp3) is 0.0714. The van der Waals surface area contributed by atoms with Gasteiger partial charge in [0.1, 0.15) is 0 Å². The van der Waals surface area contributed by atoms with E-state index in [4.69, 9.17) is 17.3 Å². The summed E-state index contributed by atoms with van der Waals surface area (Å²) in [5, 5.41) is 12.5. The molecule has 2 aromatic carbocycles. The predicted octanol–water partition coefficient (Wildman–Crippen LogP) is 3.67. The van der Waals surface area contributed by atoms with Gasteiger partial charge in [0.15, 0.2) is 0 Å². The van der Waals surface area contributed by atoms with Crippen LogP contribution in [0.2, 0.25) is 5.02 Å². The molecule has 2 aromatic rings. The molecule has 4 N–H and O–H groups in total. The molecule has 0 atom stereocenters. The minimum Gasteiger partial charge on any atom is -0.478 e. The molecule has 2 rings (SSSR count). The number of nitrogen functional groups attached to an aromatic ring is 1. The molecule has 0 unspecified atom stereocenters. The molecule has 0 aromatic heterocycles. The molecule has 0 radical (unpaired) electrons. The van der Waals surface area contributed by atoms with Crippen molar-refractivity contribution in [2.75, 3.05) is 11.1 Å². The molecule has 0 saturated carbocycles. The second-order valence-corrected chi connectivity index (χ2v) is 4.63. The summed E-state index contributed by atoms with van der Waals surface area (Å²) in [6, 6.07) is 10.5. The van der Waals surface area contributed by atoms with E-state index in [0.717, 1.165) is 11.3 Å². The number of anilines is 3. The Morgan fingerprint density at radius 2 is 1.89 bits per heavy atom. The molecular formula is C14H13ClN2O2. The summed E-state index contributed by atoms with van der Waals surface area (Å²) in [6.45, 7) is 1.97. The molecule has 19 heavy (non-hydrogen) atoms. The van der Waals surface area contributed by atoms with E-state index in [-0.39, 0.29) is 10.6 Å². The first-order valence-corrected chi connectivity index (χ1v) is 6.01. The maximum absolute atomic E-state index is 11.2. The van der Waals surface area contributed by atoms with E-state index in [1.165, 1.54) is 12.1 Å². The zero-order chi connectivity index (χ0) is 14.0. The standard InChI is InChI=1S/C14H13ClN2O2/c1-8-2-4-10(5-3-8)17-13-11(14(18)19)6-9(16)7-12(13)15/h2-7,17H,16H2,1H3,(H,18,19). The number of carbonyl (C=O) groups is 1. The van der Waals surface area contributed by atoms with Crippen LogP contribution in [-0.2, 0) is 0 Å². The lowest BCUT2D eigenvalue weighted by Crippen LogP contribution is -2.05. The van der Waals surface area contributed by atoms with Crippen LogP contribution in [0.1, 0.15) is 15.9 Å². The smallest absolute Gasteiger partial charge is 0.337 e. The van der Waals surface area contributed by atoms with Gasteiger partial charge in [-0.3, -0.25) is 0 Å². The second kappa shape index (κ2) is 5.20. The summed E-state index contributed by atoms with van der Waals surface area (Å²) in [5.74, 6) is -1.08. The Labute approximate surface area is 115 Å². The first kappa shape index (κ1) is 13.2. The molecule has 0 amide bonds. The van der Waals surface area contributed by atoms with Gasteiger partial charge in [0, 0.05) is 11.4 Å². The van der Waals surface area contributed by atoms with Gasteiger partial charge in [-0.05, 0) is 31.2 Å². The summed E-state index contributed by atoms with van der Waals surface area (Å²) >= 11 is 6.05. The van der Waals surface area contributed by atoms with Crippen molar-refractivity contribution >= 4 is 34.6 Å². The van der Waals surface area contributed by atoms with E-state index in [1.54, 1.807) is 0 Å². The molecule has 4 nitrogen and oxygen atoms in total. The Morgan fingerprint density at radius 1 is 1.26 bits per heavy atom. The predicted molar refractivity (Wildman–Crippen MR) is 77.3 cm³/mol. The van der Waals surface area contributed by atoms with E-state index in [0.29, 0.717) is 11.4 Å². The lowest BCUT2D eigenvalue weighted by Gasteiger charge is -2.12. The zero-order valence-corrected chi connectivity index (χ0v) is 11.0. The minimum absolute atomic E-state index is 0.0468. The summed E-state index contributed by atoms with van der Waals surface area (Å²) in [5.41, 5.74) is 8.19. The third-order valence-electron chi connectivity index (χ3n) is 2.66. The molecule has 0 saturated heterocycles. The van der Waals surface area contributed by atoms with Gasteiger partial charge in [0.05, 0.1) is 16.3 Å². The van der Waals surface area contributed by atoms with Gasteiger partial charge in [0.2, 0.25) is 0 Å². The van der Waals surface area contributed by atoms with Gasteiger partial charge in [-0.25, -0.2) is 4.79 Å². The molecule has 0 aliphatic carbocycles. The Morgan fingerprint density at radius 3 is 2.47 bits per heavy atom. The van der Waals surface area contributed by atoms with Crippen molar-refractivity contribution < 1.29 is 9.90 Å². The van der Waals surface area contributed by atoms with E-state index >= 15 is 0 Å². The van der Waals surface area contributed by atoms with Crippen LogP contribution >= 0.6 is 11.6 Å². The molecule has 0 spiro atoms. The summed E-state index contributed by atoms with van der Waals surface area (Å²) in [7, 11) is 0. The number of aromatic carboxylic acids is 1. The van der Waals surface area contributed by atoms with Crippen molar-refractivity contribution in [1.29, 1.82) is 0 Å². The molecular weight excluding hydrogens is 264 g/mol. The zero-order valence-electron chi connectivity index (χ0n) is 10.3. The van der Waals surface area contributed by atoms with Crippen molar-refractivity contribution in [1.82, 2.24) is 0 Å². The SMILES string of the molecule is Cc1ccc(Nc2c(Cl)cc(N)cc2C(=O)O)cc1. The van der Waals surface area contributed by atoms with Crippen molar-refractivity contribution in [3.8, 4) is 0 Å². The largest absolute Gasteiger partial charge is 0.478 e. The monoisotopic (exact) mass is 276 g/mol. The van der Waals surface area contributed by atoms with E-state index in [9.17, 15) is 9.90 Å². The van der Waals surface area contributed by atoms with Gasteiger partial charge in [0.25, 0.3) is 0 Å². The number of nitrogens with one attached hydrogen (secondary N) is 1. The number of rotatable bonds is 3. The second-order valence-electron chi connectivity index (χ2n) is 4.22. The molecule has 0 aliphatic rings. The first-order chi connectivity index (χ1) is 8.97. The molecule has 0 fully saturated rings. The molecule has 98 valence electrons. The maximum atomic E-state index is 11.2. The topological polar surface area (TPSA) is 75.3 Å². The average molecular weight is 277 g/mol. The van der Waals surface area contributed by atoms with E-state index < -0.39 is 5.97 Å². The number of nitrogens with two attached hydrogens (primary N) is 1. The number of carboxylic acid groups (broad SMARTS) is 1. The van der Waals surface area contributed by atoms with Gasteiger partial charge in [-0.2, -0.15) is 0 Å². The molecule has 5 heteroatoms. The van der Waals surface area contributed by atoms with Crippen molar-refractivity contribution in [3.63, 3.8) is 0 Å². The third-order valence-corrected chi connectivity index (χ3v) is 2.96. The number of aryl methyl sites for hydroxylation is 1. The molecule has 0 aliphatic heterocycles. The molecule has 0 heterocycles. The number of benzene rings is 2. The van der Waals surface area contributed by atoms with Gasteiger partial charge in [-0.15, -0.1) is 0 Å². The van der Waals surface area contributed by atoms with Crippen LogP contribution in [0.25, 0.3) is 0 Å². The highest BCUT2D eigenvalue weighted by Crippen LogP contribution is 2.31. The van der Waals surface area contributed by atoms with Crippen LogP contribution in [0.3, 0.4) is 0 Å². The quantitative estimate of drug-likeness (QED) is 0.748. The highest BCUT2D eigenvalue weighted by atomic mass is 35.5. The van der Waals surface area contributed by atoms with Crippen LogP contribution in [0.4, 0.5) is 17.1 Å². The molecule has 0 bridgehead atoms. The number of carboxylic acids is 1. The summed E-state index contributed by atoms with van der Waals surface area (Å²) in [6.07, 6.45) is 0. The number of hydrogen-bond acceptors (Lipinski definition) is 3. The van der Waals surface area contributed by atoms with Gasteiger partial charge < -0.3 is 16.2 Å². The first-order valence-electron chi connectivity index (χ1n) is 5.63. The van der Waals surface area contributed by atoms with Crippen LogP contribution < -0.4 is 11.1 Å². The Balaban J connectivity index is 2.44. The Kier molecular flexibility index (Phi) is 3.62. The third kappa shape index (κ3) is 2.98. The Hall–Kier alpha value is -2.20. The van der Waals surface area contributed by atoms with Crippen LogP contribution in [0.5, 0.6) is 0 Å². The average Bonchev–Trinajstić information content (AvgIpc) is 2.34. The fourth-order valence-electron chi connectivity index (χ4n) is 1.70. The highest BCUT2D eigenvalue weighted by Gasteiger charge is 2.15. The maximum Gasteiger partial charge on any atom is 0.337 e. The van der Waals surface area contributed by atoms with Crippen molar-refractivity contribution in [2.24, 2.45) is 0 Å². The van der Waals surface area contributed by atoms with Crippen molar-refractivity contribution in [3.05, 3.63) is 52.5 Å². The number of hydrogen-bond donors (Lipinski definition) is 3. The Bertz CT molecular complexity index is 624. The lowest BCUT2D eigenvalue weighted by molar-refractivity contribution is 0.0698. The van der Waals surface area contributed by atoms with Crippen LogP contribution in [0.15, 0.2) is 36.4 Å². The fourth-order valence-corrected chi connectivity index (χ4v) is 1.98. The van der Waals surface area contributed by atoms with Gasteiger partial charge in [-0.1, -0.05) is 29.3 Å². The van der Waals surface area contributed by atoms with Gasteiger partial charge >= 0.3 is 5.97 Å². The van der Waals surface area contributed by atoms with E-state index in [1.807, 2.05) is 31.2 Å². The highest BCUT2D eigenvalue weighted by molar-refractivity contribution is 6.34.